The minimum Gasteiger partial charge on any atom is -0.481 e. The highest BCUT2D eigenvalue weighted by Gasteiger charge is 2.48. The predicted octanol–water partition coefficient (Wildman–Crippen LogP) is 1.18. The Balaban J connectivity index is 1.49. The van der Waals surface area contributed by atoms with Crippen LogP contribution in [-0.2, 0) is 9.59 Å². The van der Waals surface area contributed by atoms with Crippen LogP contribution < -0.4 is 5.32 Å². The van der Waals surface area contributed by atoms with E-state index >= 15 is 0 Å². The fourth-order valence-electron chi connectivity index (χ4n) is 3.22. The Hall–Kier alpha value is -1.32. The van der Waals surface area contributed by atoms with Crippen molar-refractivity contribution in [2.45, 2.75) is 31.7 Å². The molecular weight excluding hydrogens is 218 g/mol. The van der Waals surface area contributed by atoms with Crippen LogP contribution in [0.1, 0.15) is 25.7 Å². The summed E-state index contributed by atoms with van der Waals surface area (Å²) in [7, 11) is 0. The summed E-state index contributed by atoms with van der Waals surface area (Å²) >= 11 is 0. The molecular formula is C13H17NO3. The third kappa shape index (κ3) is 2.08. The highest BCUT2D eigenvalue weighted by atomic mass is 16.4. The lowest BCUT2D eigenvalue weighted by Gasteiger charge is -2.16. The van der Waals surface area contributed by atoms with Gasteiger partial charge in [-0.2, -0.15) is 0 Å². The molecule has 0 saturated heterocycles. The first kappa shape index (κ1) is 10.8. The Morgan fingerprint density at radius 2 is 1.76 bits per heavy atom. The number of fused-ring (bicyclic) bond motifs is 1. The second-order valence-electron chi connectivity index (χ2n) is 5.60. The highest BCUT2D eigenvalue weighted by Crippen LogP contribution is 2.54. The minimum atomic E-state index is -0.805. The molecule has 0 aromatic heterocycles. The number of carboxylic acids is 1. The topological polar surface area (TPSA) is 66.4 Å². The van der Waals surface area contributed by atoms with E-state index in [1.807, 2.05) is 6.08 Å². The molecule has 4 unspecified atom stereocenters. The Morgan fingerprint density at radius 3 is 2.35 bits per heavy atom. The maximum atomic E-state index is 12.0. The number of carbonyl (C=O) groups excluding carboxylic acids is 1. The molecule has 0 spiro atoms. The summed E-state index contributed by atoms with van der Waals surface area (Å²) in [5.41, 5.74) is 0. The average Bonchev–Trinajstić information content (AvgIpc) is 2.75. The summed E-state index contributed by atoms with van der Waals surface area (Å²) in [6.07, 6.45) is 7.38. The van der Waals surface area contributed by atoms with Crippen LogP contribution in [0.15, 0.2) is 12.2 Å². The maximum Gasteiger partial charge on any atom is 0.310 e. The molecule has 0 aromatic rings. The Kier molecular flexibility index (Phi) is 2.45. The van der Waals surface area contributed by atoms with Crippen molar-refractivity contribution in [3.05, 3.63) is 12.2 Å². The van der Waals surface area contributed by atoms with Crippen LogP contribution in [0.2, 0.25) is 0 Å². The van der Waals surface area contributed by atoms with Crippen LogP contribution in [0.5, 0.6) is 0 Å². The molecule has 3 rings (SSSR count). The number of aliphatic carboxylic acids is 1. The van der Waals surface area contributed by atoms with Crippen molar-refractivity contribution in [1.82, 2.24) is 5.32 Å². The fourth-order valence-corrected chi connectivity index (χ4v) is 3.22. The van der Waals surface area contributed by atoms with Crippen molar-refractivity contribution < 1.29 is 14.7 Å². The van der Waals surface area contributed by atoms with Gasteiger partial charge in [0.25, 0.3) is 0 Å². The number of hydrogen-bond acceptors (Lipinski definition) is 2. The number of carboxylic acid groups (broad SMARTS) is 1. The van der Waals surface area contributed by atoms with Crippen molar-refractivity contribution in [2.24, 2.45) is 23.7 Å². The molecule has 0 aromatic carbocycles. The van der Waals surface area contributed by atoms with Crippen molar-refractivity contribution in [3.8, 4) is 0 Å². The van der Waals surface area contributed by atoms with Crippen LogP contribution >= 0.6 is 0 Å². The standard InChI is InChI=1S/C13H17NO3/c15-12(10-4-8-3-9(8)5-10)14-11-2-1-7(6-11)13(16)17/h1-2,7-11H,3-6H2,(H,14,15)(H,16,17). The molecule has 1 amide bonds. The first-order chi connectivity index (χ1) is 8.13. The van der Waals surface area contributed by atoms with Gasteiger partial charge in [-0.3, -0.25) is 9.59 Å². The predicted molar refractivity (Wildman–Crippen MR) is 61.1 cm³/mol. The van der Waals surface area contributed by atoms with E-state index in [2.05, 4.69) is 5.32 Å². The third-order valence-corrected chi connectivity index (χ3v) is 4.34. The van der Waals surface area contributed by atoms with Gasteiger partial charge in [-0.1, -0.05) is 12.2 Å². The van der Waals surface area contributed by atoms with Crippen molar-refractivity contribution >= 4 is 11.9 Å². The van der Waals surface area contributed by atoms with E-state index in [-0.39, 0.29) is 17.9 Å². The van der Waals surface area contributed by atoms with E-state index in [1.54, 1.807) is 6.08 Å². The molecule has 3 aliphatic carbocycles. The van der Waals surface area contributed by atoms with Gasteiger partial charge in [0.2, 0.25) is 5.91 Å². The molecule has 92 valence electrons. The second-order valence-corrected chi connectivity index (χ2v) is 5.60. The molecule has 4 heteroatoms. The number of carbonyl (C=O) groups is 2. The van der Waals surface area contributed by atoms with Crippen molar-refractivity contribution in [3.63, 3.8) is 0 Å². The fraction of sp³-hybridized carbons (Fsp3) is 0.692. The normalized spacial score (nSPS) is 42.2. The van der Waals surface area contributed by atoms with Crippen LogP contribution in [0.4, 0.5) is 0 Å². The van der Waals surface area contributed by atoms with Gasteiger partial charge in [0.15, 0.2) is 0 Å². The summed E-state index contributed by atoms with van der Waals surface area (Å²) in [5, 5.41) is 11.8. The lowest BCUT2D eigenvalue weighted by atomic mass is 10.0. The zero-order chi connectivity index (χ0) is 12.0. The Bertz CT molecular complexity index is 380. The number of amides is 1. The zero-order valence-corrected chi connectivity index (χ0v) is 9.63. The van der Waals surface area contributed by atoms with Gasteiger partial charge >= 0.3 is 5.97 Å². The second kappa shape index (κ2) is 3.86. The highest BCUT2D eigenvalue weighted by molar-refractivity contribution is 5.80. The Labute approximate surface area is 100 Å². The van der Waals surface area contributed by atoms with Crippen LogP contribution in [0, 0.1) is 23.7 Å². The van der Waals surface area contributed by atoms with E-state index in [0.717, 1.165) is 24.7 Å². The SMILES string of the molecule is O=C(O)C1C=CC(NC(=O)C2CC3CC3C2)C1. The molecule has 0 aliphatic heterocycles. The number of rotatable bonds is 3. The molecule has 4 atom stereocenters. The maximum absolute atomic E-state index is 12.0. The molecule has 2 saturated carbocycles. The summed E-state index contributed by atoms with van der Waals surface area (Å²) < 4.78 is 0. The molecule has 0 heterocycles. The monoisotopic (exact) mass is 235 g/mol. The van der Waals surface area contributed by atoms with Crippen LogP contribution in [0.25, 0.3) is 0 Å². The van der Waals surface area contributed by atoms with Gasteiger partial charge in [0, 0.05) is 12.0 Å². The molecule has 2 fully saturated rings. The minimum absolute atomic E-state index is 0.0828. The zero-order valence-electron chi connectivity index (χ0n) is 9.63. The molecule has 0 radical (unpaired) electrons. The largest absolute Gasteiger partial charge is 0.481 e. The van der Waals surface area contributed by atoms with Gasteiger partial charge < -0.3 is 10.4 Å². The van der Waals surface area contributed by atoms with Crippen molar-refractivity contribution in [2.75, 3.05) is 0 Å². The summed E-state index contributed by atoms with van der Waals surface area (Å²) in [5.74, 6) is 0.666. The van der Waals surface area contributed by atoms with Crippen molar-refractivity contribution in [1.29, 1.82) is 0 Å². The molecule has 0 bridgehead atoms. The van der Waals surface area contributed by atoms with Gasteiger partial charge in [0.05, 0.1) is 5.92 Å². The van der Waals surface area contributed by atoms with Crippen LogP contribution in [0.3, 0.4) is 0 Å². The van der Waals surface area contributed by atoms with E-state index in [9.17, 15) is 9.59 Å². The molecule has 4 nitrogen and oxygen atoms in total. The van der Waals surface area contributed by atoms with Gasteiger partial charge in [0.1, 0.15) is 0 Å². The van der Waals surface area contributed by atoms with Crippen LogP contribution in [-0.4, -0.2) is 23.0 Å². The summed E-state index contributed by atoms with van der Waals surface area (Å²) in [4.78, 5) is 22.7. The van der Waals surface area contributed by atoms with Gasteiger partial charge in [-0.15, -0.1) is 0 Å². The van der Waals surface area contributed by atoms with Gasteiger partial charge in [-0.05, 0) is 37.5 Å². The number of nitrogens with one attached hydrogen (secondary N) is 1. The molecule has 2 N–H and O–H groups in total. The van der Waals surface area contributed by atoms with E-state index in [0.29, 0.717) is 6.42 Å². The quantitative estimate of drug-likeness (QED) is 0.722. The first-order valence-corrected chi connectivity index (χ1v) is 6.35. The molecule has 17 heavy (non-hydrogen) atoms. The van der Waals surface area contributed by atoms with E-state index in [1.165, 1.54) is 6.42 Å². The lowest BCUT2D eigenvalue weighted by molar-refractivity contribution is -0.140. The van der Waals surface area contributed by atoms with E-state index < -0.39 is 11.9 Å². The number of hydrogen-bond donors (Lipinski definition) is 2. The first-order valence-electron chi connectivity index (χ1n) is 6.35. The Morgan fingerprint density at radius 1 is 1.06 bits per heavy atom. The lowest BCUT2D eigenvalue weighted by Crippen LogP contribution is -2.37. The average molecular weight is 235 g/mol. The molecule has 3 aliphatic rings. The third-order valence-electron chi connectivity index (χ3n) is 4.34. The summed E-state index contributed by atoms with van der Waals surface area (Å²) in [6, 6.07) is -0.0828. The summed E-state index contributed by atoms with van der Waals surface area (Å²) in [6.45, 7) is 0. The van der Waals surface area contributed by atoms with E-state index in [4.69, 9.17) is 5.11 Å². The smallest absolute Gasteiger partial charge is 0.310 e. The van der Waals surface area contributed by atoms with Gasteiger partial charge in [-0.25, -0.2) is 0 Å².